The van der Waals surface area contributed by atoms with Gasteiger partial charge in [-0.05, 0) is 198 Å². The monoisotopic (exact) mass is 1190 g/mol. The predicted octanol–water partition coefficient (Wildman–Crippen LogP) is 7.31. The molecule has 4 aliphatic heterocycles. The molecule has 0 aromatic heterocycles. The highest BCUT2D eigenvalue weighted by Gasteiger charge is 2.71. The highest BCUT2D eigenvalue weighted by molar-refractivity contribution is 5.85. The fraction of sp³-hybridized carbons (Fsp3) is 0.838. The number of rotatable bonds is 12. The van der Waals surface area contributed by atoms with E-state index in [1.165, 1.54) is 44.1 Å². The average Bonchev–Trinajstić information content (AvgIpc) is 1.66. The van der Waals surface area contributed by atoms with Crippen LogP contribution in [0.2, 0.25) is 0 Å². The van der Waals surface area contributed by atoms with Crippen molar-refractivity contribution in [1.82, 2.24) is 0 Å². The summed E-state index contributed by atoms with van der Waals surface area (Å²) in [4.78, 5) is 11.9. The number of hydrogen-bond donors (Lipinski definition) is 9. The van der Waals surface area contributed by atoms with Crippen LogP contribution in [0.3, 0.4) is 0 Å². The maximum Gasteiger partial charge on any atom is 0.331 e. The normalized spacial score (nSPS) is 50.8. The molecule has 17 nitrogen and oxygen atoms in total. The zero-order valence-corrected chi connectivity index (χ0v) is 51.7. The van der Waals surface area contributed by atoms with Crippen molar-refractivity contribution in [3.63, 3.8) is 0 Å². The Labute approximate surface area is 504 Å². The zero-order valence-electron chi connectivity index (χ0n) is 51.7. The molecule has 8 saturated carbocycles. The molecule has 0 bridgehead atoms. The highest BCUT2D eigenvalue weighted by Crippen LogP contribution is 2.70. The number of aliphatic hydroxyl groups is 9. The molecule has 4 heterocycles. The Morgan fingerprint density at radius 2 is 1.34 bits per heavy atom. The highest BCUT2D eigenvalue weighted by atomic mass is 16.7. The van der Waals surface area contributed by atoms with Crippen molar-refractivity contribution in [3.05, 3.63) is 59.3 Å². The molecule has 11 fully saturated rings. The summed E-state index contributed by atoms with van der Waals surface area (Å²) in [6.45, 7) is 18.8. The maximum absolute atomic E-state index is 12.6. The molecule has 0 amide bonds. The minimum Gasteiger partial charge on any atom is -0.458 e. The summed E-state index contributed by atoms with van der Waals surface area (Å²) in [5.41, 5.74) is 2.74. The van der Waals surface area contributed by atoms with Gasteiger partial charge in [-0.25, -0.2) is 4.79 Å². The van der Waals surface area contributed by atoms with Crippen LogP contribution in [-0.4, -0.2) is 168 Å². The summed E-state index contributed by atoms with van der Waals surface area (Å²) in [7, 11) is 0. The largest absolute Gasteiger partial charge is 0.458 e. The number of carbonyl (C=O) groups is 1. The molecule has 12 aliphatic rings. The molecule has 3 saturated heterocycles. The minimum atomic E-state index is -1.01. The Kier molecular flexibility index (Phi) is 19.1. The SMILES string of the molecule is C=C1/C(=C\C=C2/CCC[C@]3(C)[C@@H]([C@H](C)/C=C/[C@@H](O)C4CC4)CC[C@@H]23)C[C@@H](O)C[C@@H]1O.C[C@H]1O[C@@H](O[C@H]2[C@@H](O)C[C@H](O[C@H]3[C@@H](O)C[C@H](O[C@H]4CC[C@@]5(C)[C@H](CC[C@@H]6[C@@H]5C[C@@H](O)[C@]5(C)[C@@H](C7=CC(=O)OC7)CC[C@]65O)C4)O[C@@H]3C)O[C@@H]2C)C[C@H](O)[C@@H]1O. The fourth-order valence-corrected chi connectivity index (χ4v) is 19.4. The summed E-state index contributed by atoms with van der Waals surface area (Å²) in [6, 6.07) is 0. The van der Waals surface area contributed by atoms with Gasteiger partial charge in [0, 0.05) is 37.2 Å². The molecule has 85 heavy (non-hydrogen) atoms. The fourth-order valence-electron chi connectivity index (χ4n) is 19.4. The molecule has 0 radical (unpaired) electrons. The molecule has 0 spiro atoms. The van der Waals surface area contributed by atoms with Gasteiger partial charge in [-0.15, -0.1) is 0 Å². The van der Waals surface area contributed by atoms with E-state index in [2.05, 4.69) is 51.7 Å². The van der Waals surface area contributed by atoms with Gasteiger partial charge in [-0.2, -0.15) is 0 Å². The Morgan fingerprint density at radius 1 is 0.682 bits per heavy atom. The summed E-state index contributed by atoms with van der Waals surface area (Å²) in [5, 5.41) is 97.3. The molecular weight excluding hydrogens is 1090 g/mol. The van der Waals surface area contributed by atoms with Gasteiger partial charge in [-0.1, -0.05) is 64.2 Å². The molecule has 12 rings (SSSR count). The van der Waals surface area contributed by atoms with Crippen LogP contribution in [0.25, 0.3) is 0 Å². The summed E-state index contributed by atoms with van der Waals surface area (Å²) < 4.78 is 42.1. The standard InChI is InChI=1S/C41H64O14.C27H40O3/c1-19-36(47)28(42)15-34(50-19)54-38-21(3)52-35(17-30(38)44)55-37-20(2)51-33(16-29(37)43)53-24-8-10-39(4)23(13-24)6-7-26-27(39)14-31(45)40(5)25(9-11-41(26,40)48)22-12-32(46)49-18-22;1-17(6-13-25(29)20-8-9-20)23-11-12-24-19(5-4-14-27(23,24)3)7-10-21-15-22(28)16-26(30)18(21)2/h12,19-21,23-31,33-38,42-45,47-48H,6-11,13-18H2,1-5H3;6-7,10,13,17,20,22-26,28-30H,2,4-5,8-9,11-12,14-16H2,1,3H3/b;13-6+,19-7+,21-10-/t19-,20-,21-,23-,24+,25-,26-,27+,28+,29+,30+,31-,33+,34+,35+,36-,37-,38-,39+,40+,41+;17-,22-,23-,24+,25-,26+,27-/m11/s1. The van der Waals surface area contributed by atoms with Crippen molar-refractivity contribution in [2.75, 3.05) is 6.61 Å². The first-order valence-electron chi connectivity index (χ1n) is 33.0. The van der Waals surface area contributed by atoms with Crippen molar-refractivity contribution in [3.8, 4) is 0 Å². The van der Waals surface area contributed by atoms with Gasteiger partial charge in [0.15, 0.2) is 18.9 Å². The van der Waals surface area contributed by atoms with Gasteiger partial charge in [0.25, 0.3) is 0 Å². The van der Waals surface area contributed by atoms with Crippen molar-refractivity contribution in [1.29, 1.82) is 0 Å². The molecule has 28 atom stereocenters. The number of carbonyl (C=O) groups excluding carboxylic acids is 1. The van der Waals surface area contributed by atoms with Crippen LogP contribution in [0, 0.1) is 63.6 Å². The number of hydrogen-bond acceptors (Lipinski definition) is 17. The lowest BCUT2D eigenvalue weighted by Gasteiger charge is -2.65. The lowest BCUT2D eigenvalue weighted by Crippen LogP contribution is -2.67. The second kappa shape index (κ2) is 25.3. The minimum absolute atomic E-state index is 0.0452. The Bertz CT molecular complexity index is 2480. The number of aliphatic hydroxyl groups excluding tert-OH is 8. The molecule has 9 N–H and O–H groups in total. The summed E-state index contributed by atoms with van der Waals surface area (Å²) in [5.74, 6) is 2.48. The van der Waals surface area contributed by atoms with E-state index >= 15 is 0 Å². The van der Waals surface area contributed by atoms with Crippen LogP contribution in [0.15, 0.2) is 59.3 Å². The van der Waals surface area contributed by atoms with Gasteiger partial charge in [-0.3, -0.25) is 0 Å². The first-order chi connectivity index (χ1) is 40.3. The molecular formula is C68H104O17. The molecule has 0 unspecified atom stereocenters. The van der Waals surface area contributed by atoms with Crippen molar-refractivity contribution < 1.29 is 83.9 Å². The number of esters is 1. The lowest BCUT2D eigenvalue weighted by atomic mass is 9.42. The average molecular weight is 1190 g/mol. The second-order valence-corrected chi connectivity index (χ2v) is 29.6. The Morgan fingerprint density at radius 3 is 1.98 bits per heavy atom. The Balaban J connectivity index is 0.000000211. The van der Waals surface area contributed by atoms with E-state index in [1.54, 1.807) is 19.9 Å². The zero-order chi connectivity index (χ0) is 60.7. The Hall–Kier alpha value is -2.43. The number of ether oxygens (including phenoxy) is 7. The molecule has 0 aromatic carbocycles. The van der Waals surface area contributed by atoms with Crippen molar-refractivity contribution >= 4 is 5.97 Å². The van der Waals surface area contributed by atoms with Crippen LogP contribution in [0.5, 0.6) is 0 Å². The lowest BCUT2D eigenvalue weighted by molar-refractivity contribution is -0.336. The van der Waals surface area contributed by atoms with Gasteiger partial charge < -0.3 is 79.1 Å². The third-order valence-corrected chi connectivity index (χ3v) is 24.6. The third-order valence-electron chi connectivity index (χ3n) is 24.6. The smallest absolute Gasteiger partial charge is 0.331 e. The van der Waals surface area contributed by atoms with Crippen molar-refractivity contribution in [2.45, 2.75) is 287 Å². The summed E-state index contributed by atoms with van der Waals surface area (Å²) in [6.07, 6.45) is 15.4. The molecule has 478 valence electrons. The van der Waals surface area contributed by atoms with Crippen LogP contribution in [0.4, 0.5) is 0 Å². The van der Waals surface area contributed by atoms with Gasteiger partial charge in [0.05, 0.1) is 72.7 Å². The number of allylic oxidation sites excluding steroid dienone is 4. The topological polar surface area (TPSA) is 264 Å². The van der Waals surface area contributed by atoms with E-state index in [9.17, 15) is 50.8 Å². The number of cyclic esters (lactones) is 1. The van der Waals surface area contributed by atoms with Gasteiger partial charge in [0.1, 0.15) is 24.9 Å². The van der Waals surface area contributed by atoms with Gasteiger partial charge >= 0.3 is 5.97 Å². The predicted molar refractivity (Wildman–Crippen MR) is 314 cm³/mol. The van der Waals surface area contributed by atoms with Crippen LogP contribution in [0.1, 0.15) is 177 Å². The summed E-state index contributed by atoms with van der Waals surface area (Å²) >= 11 is 0. The van der Waals surface area contributed by atoms with Crippen LogP contribution in [-0.2, 0) is 38.0 Å². The van der Waals surface area contributed by atoms with Crippen LogP contribution >= 0.6 is 0 Å². The first-order valence-corrected chi connectivity index (χ1v) is 33.0. The van der Waals surface area contributed by atoms with E-state index in [4.69, 9.17) is 33.2 Å². The van der Waals surface area contributed by atoms with Crippen LogP contribution < -0.4 is 0 Å². The molecule has 0 aromatic rings. The maximum atomic E-state index is 12.6. The number of fused-ring (bicyclic) bond motifs is 6. The first kappa shape index (κ1) is 64.1. The molecule has 17 heteroatoms. The van der Waals surface area contributed by atoms with E-state index in [0.29, 0.717) is 60.7 Å². The third kappa shape index (κ3) is 12.5. The second-order valence-electron chi connectivity index (χ2n) is 29.6. The quantitative estimate of drug-likeness (QED) is 0.0527. The molecule has 8 aliphatic carbocycles. The van der Waals surface area contributed by atoms with E-state index in [-0.39, 0.29) is 67.2 Å². The van der Waals surface area contributed by atoms with Gasteiger partial charge in [0.2, 0.25) is 0 Å². The van der Waals surface area contributed by atoms with E-state index < -0.39 is 103 Å². The van der Waals surface area contributed by atoms with E-state index in [0.717, 1.165) is 61.7 Å². The van der Waals surface area contributed by atoms with Crippen molar-refractivity contribution in [2.24, 2.45) is 63.6 Å². The van der Waals surface area contributed by atoms with E-state index in [1.807, 2.05) is 13.8 Å².